The highest BCUT2D eigenvalue weighted by atomic mass is 35.5. The molecule has 0 amide bonds. The Morgan fingerprint density at radius 1 is 0.857 bits per heavy atom. The summed E-state index contributed by atoms with van der Waals surface area (Å²) in [6, 6.07) is 12.8. The van der Waals surface area contributed by atoms with Gasteiger partial charge in [0.25, 0.3) is 0 Å². The SMILES string of the molecule is FC(F)(F)c1ccc(CNCCc2ccc(Cl)cc2)cc1. The van der Waals surface area contributed by atoms with E-state index in [4.69, 9.17) is 11.6 Å². The molecule has 0 fully saturated rings. The molecule has 2 rings (SSSR count). The second kappa shape index (κ2) is 6.96. The number of nitrogens with one attached hydrogen (secondary N) is 1. The fraction of sp³-hybridized carbons (Fsp3) is 0.250. The molecule has 0 spiro atoms. The molecule has 0 saturated carbocycles. The van der Waals surface area contributed by atoms with Crippen molar-refractivity contribution in [3.8, 4) is 0 Å². The van der Waals surface area contributed by atoms with Gasteiger partial charge in [0.15, 0.2) is 0 Å². The van der Waals surface area contributed by atoms with E-state index < -0.39 is 11.7 Å². The monoisotopic (exact) mass is 313 g/mol. The van der Waals surface area contributed by atoms with E-state index >= 15 is 0 Å². The minimum Gasteiger partial charge on any atom is -0.312 e. The Hall–Kier alpha value is -1.52. The number of benzene rings is 2. The lowest BCUT2D eigenvalue weighted by Gasteiger charge is -2.08. The minimum atomic E-state index is -4.28. The van der Waals surface area contributed by atoms with Crippen LogP contribution in [0.15, 0.2) is 48.5 Å². The van der Waals surface area contributed by atoms with Gasteiger partial charge >= 0.3 is 6.18 Å². The van der Waals surface area contributed by atoms with E-state index in [1.54, 1.807) is 0 Å². The first-order valence-corrected chi connectivity index (χ1v) is 6.94. The van der Waals surface area contributed by atoms with Crippen LogP contribution in [-0.4, -0.2) is 6.54 Å². The Bertz CT molecular complexity index is 562. The first-order valence-electron chi connectivity index (χ1n) is 6.56. The van der Waals surface area contributed by atoms with Gasteiger partial charge in [-0.05, 0) is 48.4 Å². The fourth-order valence-electron chi connectivity index (χ4n) is 1.93. The fourth-order valence-corrected chi connectivity index (χ4v) is 2.05. The van der Waals surface area contributed by atoms with E-state index in [2.05, 4.69) is 5.32 Å². The first kappa shape index (κ1) is 15.9. The van der Waals surface area contributed by atoms with Crippen LogP contribution in [0.2, 0.25) is 5.02 Å². The van der Waals surface area contributed by atoms with Crippen LogP contribution in [0.5, 0.6) is 0 Å². The Morgan fingerprint density at radius 2 is 1.43 bits per heavy atom. The summed E-state index contributed by atoms with van der Waals surface area (Å²) < 4.78 is 37.3. The van der Waals surface area contributed by atoms with Crippen molar-refractivity contribution in [3.63, 3.8) is 0 Å². The number of hydrogen-bond acceptors (Lipinski definition) is 1. The molecular formula is C16H15ClF3N. The highest BCUT2D eigenvalue weighted by Gasteiger charge is 2.29. The van der Waals surface area contributed by atoms with Gasteiger partial charge in [0.05, 0.1) is 5.56 Å². The van der Waals surface area contributed by atoms with Gasteiger partial charge in [0, 0.05) is 11.6 Å². The molecule has 0 aliphatic heterocycles. The van der Waals surface area contributed by atoms with E-state index in [0.29, 0.717) is 11.6 Å². The van der Waals surface area contributed by atoms with Gasteiger partial charge in [-0.15, -0.1) is 0 Å². The molecule has 2 aromatic carbocycles. The zero-order valence-corrected chi connectivity index (χ0v) is 12.0. The number of hydrogen-bond donors (Lipinski definition) is 1. The molecule has 2 aromatic rings. The van der Waals surface area contributed by atoms with Gasteiger partial charge in [0.1, 0.15) is 0 Å². The normalized spacial score (nSPS) is 11.6. The van der Waals surface area contributed by atoms with Gasteiger partial charge in [0.2, 0.25) is 0 Å². The highest BCUT2D eigenvalue weighted by molar-refractivity contribution is 6.30. The van der Waals surface area contributed by atoms with Gasteiger partial charge in [-0.3, -0.25) is 0 Å². The Kier molecular flexibility index (Phi) is 5.26. The summed E-state index contributed by atoms with van der Waals surface area (Å²) in [7, 11) is 0. The summed E-state index contributed by atoms with van der Waals surface area (Å²) in [5.74, 6) is 0. The van der Waals surface area contributed by atoms with E-state index in [1.807, 2.05) is 24.3 Å². The third-order valence-electron chi connectivity index (χ3n) is 3.11. The molecule has 0 unspecified atom stereocenters. The van der Waals surface area contributed by atoms with Gasteiger partial charge in [-0.2, -0.15) is 13.2 Å². The highest BCUT2D eigenvalue weighted by Crippen LogP contribution is 2.29. The van der Waals surface area contributed by atoms with Crippen molar-refractivity contribution in [1.82, 2.24) is 5.32 Å². The standard InChI is InChI=1S/C16H15ClF3N/c17-15-7-3-12(4-8-15)9-10-21-11-13-1-5-14(6-2-13)16(18,19)20/h1-8,21H,9-11H2. The quantitative estimate of drug-likeness (QED) is 0.790. The number of alkyl halides is 3. The maximum absolute atomic E-state index is 12.4. The molecule has 0 aromatic heterocycles. The van der Waals surface area contributed by atoms with Crippen LogP contribution in [-0.2, 0) is 19.1 Å². The van der Waals surface area contributed by atoms with Gasteiger partial charge in [-0.1, -0.05) is 35.9 Å². The first-order chi connectivity index (χ1) is 9.95. The lowest BCUT2D eigenvalue weighted by atomic mass is 10.1. The second-order valence-electron chi connectivity index (χ2n) is 4.75. The Labute approximate surface area is 126 Å². The van der Waals surface area contributed by atoms with Crippen molar-refractivity contribution in [2.24, 2.45) is 0 Å². The summed E-state index contributed by atoms with van der Waals surface area (Å²) in [6.45, 7) is 1.30. The maximum Gasteiger partial charge on any atom is 0.416 e. The predicted molar refractivity (Wildman–Crippen MR) is 78.3 cm³/mol. The molecule has 112 valence electrons. The Morgan fingerprint density at radius 3 is 2.00 bits per heavy atom. The average molecular weight is 314 g/mol. The van der Waals surface area contributed by atoms with Crippen molar-refractivity contribution < 1.29 is 13.2 Å². The molecular weight excluding hydrogens is 299 g/mol. The lowest BCUT2D eigenvalue weighted by Crippen LogP contribution is -2.16. The van der Waals surface area contributed by atoms with Crippen LogP contribution in [0.4, 0.5) is 13.2 Å². The van der Waals surface area contributed by atoms with E-state index in [1.165, 1.54) is 17.7 Å². The summed E-state index contributed by atoms with van der Waals surface area (Å²) in [5.41, 5.74) is 1.38. The molecule has 0 aliphatic rings. The van der Waals surface area contributed by atoms with Crippen molar-refractivity contribution in [3.05, 3.63) is 70.2 Å². The molecule has 0 bridgehead atoms. The molecule has 0 saturated heterocycles. The third kappa shape index (κ3) is 5.06. The van der Waals surface area contributed by atoms with Crippen LogP contribution in [0.25, 0.3) is 0 Å². The van der Waals surface area contributed by atoms with E-state index in [9.17, 15) is 13.2 Å². The van der Waals surface area contributed by atoms with Crippen LogP contribution in [0, 0.1) is 0 Å². The summed E-state index contributed by atoms with van der Waals surface area (Å²) in [4.78, 5) is 0. The van der Waals surface area contributed by atoms with Crippen LogP contribution in [0.3, 0.4) is 0 Å². The Balaban J connectivity index is 1.77. The van der Waals surface area contributed by atoms with Crippen molar-refractivity contribution in [1.29, 1.82) is 0 Å². The topological polar surface area (TPSA) is 12.0 Å². The number of halogens is 4. The van der Waals surface area contributed by atoms with Crippen LogP contribution >= 0.6 is 11.6 Å². The smallest absolute Gasteiger partial charge is 0.312 e. The predicted octanol–water partition coefficient (Wildman–Crippen LogP) is 4.69. The lowest BCUT2D eigenvalue weighted by molar-refractivity contribution is -0.137. The largest absolute Gasteiger partial charge is 0.416 e. The van der Waals surface area contributed by atoms with Crippen LogP contribution in [0.1, 0.15) is 16.7 Å². The van der Waals surface area contributed by atoms with E-state index in [-0.39, 0.29) is 0 Å². The van der Waals surface area contributed by atoms with E-state index in [0.717, 1.165) is 30.7 Å². The molecule has 0 atom stereocenters. The van der Waals surface area contributed by atoms with Gasteiger partial charge in [-0.25, -0.2) is 0 Å². The summed E-state index contributed by atoms with van der Waals surface area (Å²) >= 11 is 5.80. The molecule has 5 heteroatoms. The van der Waals surface area contributed by atoms with Gasteiger partial charge < -0.3 is 5.32 Å². The number of rotatable bonds is 5. The minimum absolute atomic E-state index is 0.547. The molecule has 1 N–H and O–H groups in total. The van der Waals surface area contributed by atoms with Crippen molar-refractivity contribution in [2.75, 3.05) is 6.54 Å². The molecule has 0 radical (unpaired) electrons. The van der Waals surface area contributed by atoms with Crippen molar-refractivity contribution >= 4 is 11.6 Å². The van der Waals surface area contributed by atoms with Crippen molar-refractivity contribution in [2.45, 2.75) is 19.1 Å². The van der Waals surface area contributed by atoms with Crippen LogP contribution < -0.4 is 5.32 Å². The average Bonchev–Trinajstić information content (AvgIpc) is 2.45. The second-order valence-corrected chi connectivity index (χ2v) is 5.18. The zero-order chi connectivity index (χ0) is 15.3. The third-order valence-corrected chi connectivity index (χ3v) is 3.37. The molecule has 1 nitrogen and oxygen atoms in total. The summed E-state index contributed by atoms with van der Waals surface area (Å²) in [6.07, 6.45) is -3.43. The molecule has 21 heavy (non-hydrogen) atoms. The molecule has 0 heterocycles. The zero-order valence-electron chi connectivity index (χ0n) is 11.3. The summed E-state index contributed by atoms with van der Waals surface area (Å²) in [5, 5.41) is 3.91. The molecule has 0 aliphatic carbocycles. The maximum atomic E-state index is 12.4.